The van der Waals surface area contributed by atoms with Crippen molar-refractivity contribution in [3.05, 3.63) is 33.8 Å². The van der Waals surface area contributed by atoms with Crippen molar-refractivity contribution in [3.8, 4) is 0 Å². The lowest BCUT2D eigenvalue weighted by molar-refractivity contribution is -0.108. The van der Waals surface area contributed by atoms with Crippen molar-refractivity contribution in [2.75, 3.05) is 0 Å². The van der Waals surface area contributed by atoms with Crippen LogP contribution in [-0.2, 0) is 4.79 Å². The van der Waals surface area contributed by atoms with Gasteiger partial charge in [0.1, 0.15) is 10.6 Å². The topological polar surface area (TPSA) is 17.1 Å². The fraction of sp³-hybridized carbons (Fsp3) is 0.300. The third-order valence-corrected chi connectivity index (χ3v) is 4.27. The molecule has 2 rings (SSSR count). The van der Waals surface area contributed by atoms with Crippen LogP contribution in [0.2, 0.25) is 10.0 Å². The third-order valence-electron chi connectivity index (χ3n) is 2.56. The maximum atomic E-state index is 10.7. The molecular weight excluding hydrogens is 278 g/mol. The van der Waals surface area contributed by atoms with Crippen molar-refractivity contribution in [1.82, 2.24) is 0 Å². The van der Waals surface area contributed by atoms with Gasteiger partial charge in [0.2, 0.25) is 0 Å². The van der Waals surface area contributed by atoms with Gasteiger partial charge in [0, 0.05) is 5.92 Å². The van der Waals surface area contributed by atoms with Crippen LogP contribution in [0.4, 0.5) is 0 Å². The van der Waals surface area contributed by atoms with E-state index < -0.39 is 4.33 Å². The number of aldehydes is 1. The molecule has 80 valence electrons. The number of rotatable bonds is 2. The van der Waals surface area contributed by atoms with Crippen molar-refractivity contribution in [1.29, 1.82) is 0 Å². The van der Waals surface area contributed by atoms with Crippen molar-refractivity contribution in [3.63, 3.8) is 0 Å². The highest BCUT2D eigenvalue weighted by Crippen LogP contribution is 2.64. The molecule has 1 saturated carbocycles. The molecule has 1 aromatic carbocycles. The molecule has 0 heterocycles. The molecule has 0 aliphatic heterocycles. The first-order valence-corrected chi connectivity index (χ1v) is 5.77. The van der Waals surface area contributed by atoms with Gasteiger partial charge in [-0.25, -0.2) is 0 Å². The van der Waals surface area contributed by atoms with Gasteiger partial charge in [-0.3, -0.25) is 0 Å². The summed E-state index contributed by atoms with van der Waals surface area (Å²) in [7, 11) is 0. The van der Waals surface area contributed by atoms with Crippen LogP contribution in [0.5, 0.6) is 0 Å². The molecule has 1 nitrogen and oxygen atoms in total. The summed E-state index contributed by atoms with van der Waals surface area (Å²) in [6.07, 6.45) is 0.771. The normalized spacial score (nSPS) is 27.5. The third kappa shape index (κ3) is 1.87. The Labute approximate surface area is 107 Å². The Hall–Kier alpha value is 0.0500. The molecule has 1 aliphatic carbocycles. The van der Waals surface area contributed by atoms with E-state index >= 15 is 0 Å². The zero-order chi connectivity index (χ0) is 11.2. The van der Waals surface area contributed by atoms with E-state index in [1.807, 2.05) is 0 Å². The first kappa shape index (κ1) is 11.5. The Morgan fingerprint density at radius 1 is 1.20 bits per heavy atom. The molecule has 0 saturated heterocycles. The number of halogens is 4. The lowest BCUT2D eigenvalue weighted by atomic mass is 10.1. The molecule has 0 amide bonds. The van der Waals surface area contributed by atoms with Crippen molar-refractivity contribution >= 4 is 52.7 Å². The second-order valence-corrected chi connectivity index (χ2v) is 5.75. The van der Waals surface area contributed by atoms with E-state index in [0.717, 1.165) is 11.8 Å². The molecule has 0 N–H and O–H groups in total. The molecule has 0 bridgehead atoms. The SMILES string of the molecule is O=C[C@@H]1[C@@H](c2ccc(Cl)c(Cl)c2)C1(Cl)Cl. The van der Waals surface area contributed by atoms with Crippen LogP contribution in [0.3, 0.4) is 0 Å². The Balaban J connectivity index is 2.33. The van der Waals surface area contributed by atoms with Crippen LogP contribution >= 0.6 is 46.4 Å². The maximum Gasteiger partial charge on any atom is 0.136 e. The van der Waals surface area contributed by atoms with Crippen LogP contribution in [0.15, 0.2) is 18.2 Å². The van der Waals surface area contributed by atoms with Gasteiger partial charge in [-0.05, 0) is 17.7 Å². The molecule has 15 heavy (non-hydrogen) atoms. The minimum Gasteiger partial charge on any atom is -0.303 e. The minimum absolute atomic E-state index is 0.187. The monoisotopic (exact) mass is 282 g/mol. The summed E-state index contributed by atoms with van der Waals surface area (Å²) in [6.45, 7) is 0. The van der Waals surface area contributed by atoms with Crippen LogP contribution in [0.25, 0.3) is 0 Å². The number of hydrogen-bond donors (Lipinski definition) is 0. The van der Waals surface area contributed by atoms with Gasteiger partial charge >= 0.3 is 0 Å². The van der Waals surface area contributed by atoms with Gasteiger partial charge in [0.05, 0.1) is 16.0 Å². The Morgan fingerprint density at radius 3 is 2.33 bits per heavy atom. The Bertz CT molecular complexity index is 416. The Kier molecular flexibility index (Phi) is 2.93. The lowest BCUT2D eigenvalue weighted by Gasteiger charge is -2.02. The number of alkyl halides is 2. The molecule has 1 fully saturated rings. The van der Waals surface area contributed by atoms with Gasteiger partial charge in [-0.15, -0.1) is 23.2 Å². The number of carbonyl (C=O) groups is 1. The van der Waals surface area contributed by atoms with Crippen molar-refractivity contribution < 1.29 is 4.79 Å². The van der Waals surface area contributed by atoms with Crippen molar-refractivity contribution in [2.24, 2.45) is 5.92 Å². The van der Waals surface area contributed by atoms with Crippen LogP contribution in [0, 0.1) is 5.92 Å². The van der Waals surface area contributed by atoms with E-state index in [2.05, 4.69) is 0 Å². The van der Waals surface area contributed by atoms with Crippen LogP contribution < -0.4 is 0 Å². The van der Waals surface area contributed by atoms with E-state index in [0.29, 0.717) is 10.0 Å². The molecule has 1 aromatic rings. The lowest BCUT2D eigenvalue weighted by Crippen LogP contribution is -1.90. The summed E-state index contributed by atoms with van der Waals surface area (Å²) in [5, 5.41) is 0.910. The smallest absolute Gasteiger partial charge is 0.136 e. The average molecular weight is 284 g/mol. The highest BCUT2D eigenvalue weighted by molar-refractivity contribution is 6.53. The van der Waals surface area contributed by atoms with E-state index in [1.54, 1.807) is 18.2 Å². The second-order valence-electron chi connectivity index (χ2n) is 3.49. The fourth-order valence-electron chi connectivity index (χ4n) is 1.66. The van der Waals surface area contributed by atoms with Gasteiger partial charge < -0.3 is 4.79 Å². The summed E-state index contributed by atoms with van der Waals surface area (Å²) in [4.78, 5) is 10.7. The summed E-state index contributed by atoms with van der Waals surface area (Å²) in [5.74, 6) is -0.550. The predicted molar refractivity (Wildman–Crippen MR) is 63.2 cm³/mol. The number of benzene rings is 1. The first-order chi connectivity index (χ1) is 6.98. The number of hydrogen-bond acceptors (Lipinski definition) is 1. The van der Waals surface area contributed by atoms with Gasteiger partial charge in [0.15, 0.2) is 0 Å². The highest BCUT2D eigenvalue weighted by Gasteiger charge is 2.64. The second kappa shape index (κ2) is 3.81. The van der Waals surface area contributed by atoms with E-state index in [9.17, 15) is 4.79 Å². The minimum atomic E-state index is -1.00. The maximum absolute atomic E-state index is 10.7. The molecule has 5 heteroatoms. The summed E-state index contributed by atoms with van der Waals surface area (Å²) in [6, 6.07) is 5.14. The van der Waals surface area contributed by atoms with E-state index in [4.69, 9.17) is 46.4 Å². The molecule has 1 aliphatic rings. The molecule has 0 radical (unpaired) electrons. The van der Waals surface area contributed by atoms with Gasteiger partial charge in [-0.1, -0.05) is 29.3 Å². The molecule has 0 spiro atoms. The zero-order valence-electron chi connectivity index (χ0n) is 7.38. The van der Waals surface area contributed by atoms with E-state index in [-0.39, 0.29) is 11.8 Å². The summed E-state index contributed by atoms with van der Waals surface area (Å²) >= 11 is 23.6. The quantitative estimate of drug-likeness (QED) is 0.590. The standard InChI is InChI=1S/C10H6Cl4O/c11-7-2-1-5(3-8(7)12)9-6(4-15)10(9,13)14/h1-4,6,9H/t6-,9-/m1/s1. The summed E-state index contributed by atoms with van der Waals surface area (Å²) < 4.78 is -1.00. The first-order valence-electron chi connectivity index (χ1n) is 4.26. The summed E-state index contributed by atoms with van der Waals surface area (Å²) in [5.41, 5.74) is 0.839. The molecule has 2 atom stereocenters. The molecular formula is C10H6Cl4O. The predicted octanol–water partition coefficient (Wildman–Crippen LogP) is 4.08. The van der Waals surface area contributed by atoms with Crippen molar-refractivity contribution in [2.45, 2.75) is 10.3 Å². The Morgan fingerprint density at radius 2 is 1.87 bits per heavy atom. The average Bonchev–Trinajstić information content (AvgIpc) is 2.73. The van der Waals surface area contributed by atoms with Gasteiger partial charge in [-0.2, -0.15) is 0 Å². The van der Waals surface area contributed by atoms with Crippen LogP contribution in [-0.4, -0.2) is 10.6 Å². The molecule has 0 unspecified atom stereocenters. The zero-order valence-corrected chi connectivity index (χ0v) is 10.4. The number of carbonyl (C=O) groups excluding carboxylic acids is 1. The van der Waals surface area contributed by atoms with Gasteiger partial charge in [0.25, 0.3) is 0 Å². The fourth-order valence-corrected chi connectivity index (χ4v) is 2.71. The highest BCUT2D eigenvalue weighted by atomic mass is 35.5. The van der Waals surface area contributed by atoms with E-state index in [1.165, 1.54) is 0 Å². The van der Waals surface area contributed by atoms with Crippen LogP contribution in [0.1, 0.15) is 11.5 Å². The molecule has 0 aromatic heterocycles. The largest absolute Gasteiger partial charge is 0.303 e.